The molecule has 3 nitrogen and oxygen atoms in total. The third kappa shape index (κ3) is 1.33. The highest BCUT2D eigenvalue weighted by Crippen LogP contribution is 2.41. The van der Waals surface area contributed by atoms with Crippen molar-refractivity contribution in [1.82, 2.24) is 0 Å². The van der Waals surface area contributed by atoms with Gasteiger partial charge in [0.05, 0.1) is 11.3 Å². The summed E-state index contributed by atoms with van der Waals surface area (Å²) in [6.07, 6.45) is 5.56. The molecular formula is C9H15NO2. The number of fused-ring (bicyclic) bond motifs is 2. The molecule has 0 aromatic heterocycles. The Hall–Kier alpha value is -0.570. The van der Waals surface area contributed by atoms with Crippen molar-refractivity contribution < 1.29 is 10.3 Å². The van der Waals surface area contributed by atoms with Crippen LogP contribution in [-0.4, -0.2) is 21.6 Å². The maximum absolute atomic E-state index is 10.0. The molecule has 0 amide bonds. The van der Waals surface area contributed by atoms with Crippen LogP contribution in [0.25, 0.3) is 0 Å². The summed E-state index contributed by atoms with van der Waals surface area (Å²) >= 11 is 0. The van der Waals surface area contributed by atoms with E-state index in [2.05, 4.69) is 5.16 Å². The van der Waals surface area contributed by atoms with Gasteiger partial charge in [-0.2, -0.15) is 0 Å². The molecule has 0 radical (unpaired) electrons. The van der Waals surface area contributed by atoms with Gasteiger partial charge in [-0.3, -0.25) is 0 Å². The second-order valence-electron chi connectivity index (χ2n) is 4.23. The smallest absolute Gasteiger partial charge is 0.0703 e. The average molecular weight is 169 g/mol. The Bertz CT molecular complexity index is 215. The van der Waals surface area contributed by atoms with Gasteiger partial charge in [-0.1, -0.05) is 11.6 Å². The highest BCUT2D eigenvalue weighted by atomic mass is 16.4. The SMILES string of the molecule is ON=C1CC2CCCC(O)(C1)C2. The van der Waals surface area contributed by atoms with Crippen LogP contribution in [0, 0.1) is 5.92 Å². The first kappa shape index (κ1) is 8.05. The monoisotopic (exact) mass is 169 g/mol. The summed E-state index contributed by atoms with van der Waals surface area (Å²) in [6, 6.07) is 0. The minimum Gasteiger partial charge on any atom is -0.411 e. The Morgan fingerprint density at radius 2 is 2.33 bits per heavy atom. The molecule has 68 valence electrons. The van der Waals surface area contributed by atoms with E-state index < -0.39 is 5.60 Å². The number of hydrogen-bond donors (Lipinski definition) is 2. The quantitative estimate of drug-likeness (QED) is 0.427. The second kappa shape index (κ2) is 2.73. The molecule has 2 aliphatic carbocycles. The van der Waals surface area contributed by atoms with E-state index in [0.717, 1.165) is 31.4 Å². The molecule has 2 N–H and O–H groups in total. The first-order valence-corrected chi connectivity index (χ1v) is 4.64. The van der Waals surface area contributed by atoms with Crippen molar-refractivity contribution in [3.63, 3.8) is 0 Å². The van der Waals surface area contributed by atoms with Gasteiger partial charge in [-0.15, -0.1) is 0 Å². The van der Waals surface area contributed by atoms with Gasteiger partial charge in [-0.05, 0) is 31.6 Å². The molecule has 0 aliphatic heterocycles. The zero-order valence-corrected chi connectivity index (χ0v) is 7.16. The van der Waals surface area contributed by atoms with E-state index in [1.54, 1.807) is 0 Å². The van der Waals surface area contributed by atoms with Crippen LogP contribution >= 0.6 is 0 Å². The summed E-state index contributed by atoms with van der Waals surface area (Å²) in [5.41, 5.74) is 0.247. The van der Waals surface area contributed by atoms with Crippen molar-refractivity contribution in [1.29, 1.82) is 0 Å². The van der Waals surface area contributed by atoms with Crippen LogP contribution in [-0.2, 0) is 0 Å². The van der Waals surface area contributed by atoms with E-state index in [4.69, 9.17) is 5.21 Å². The van der Waals surface area contributed by atoms with Gasteiger partial charge in [-0.25, -0.2) is 0 Å². The van der Waals surface area contributed by atoms with E-state index in [-0.39, 0.29) is 0 Å². The lowest BCUT2D eigenvalue weighted by Gasteiger charge is -2.41. The summed E-state index contributed by atoms with van der Waals surface area (Å²) < 4.78 is 0. The van der Waals surface area contributed by atoms with E-state index in [1.807, 2.05) is 0 Å². The van der Waals surface area contributed by atoms with Crippen LogP contribution in [0.4, 0.5) is 0 Å². The Kier molecular flexibility index (Phi) is 1.83. The minimum absolute atomic E-state index is 0.539. The Balaban J connectivity index is 2.15. The van der Waals surface area contributed by atoms with E-state index >= 15 is 0 Å². The Labute approximate surface area is 72.1 Å². The number of aliphatic hydroxyl groups is 1. The van der Waals surface area contributed by atoms with Crippen LogP contribution in [0.2, 0.25) is 0 Å². The topological polar surface area (TPSA) is 52.8 Å². The lowest BCUT2D eigenvalue weighted by atomic mass is 9.68. The zero-order valence-electron chi connectivity index (χ0n) is 7.16. The van der Waals surface area contributed by atoms with Crippen LogP contribution in [0.3, 0.4) is 0 Å². The molecular weight excluding hydrogens is 154 g/mol. The summed E-state index contributed by atoms with van der Waals surface area (Å²) in [5.74, 6) is 0.559. The van der Waals surface area contributed by atoms with Crippen molar-refractivity contribution in [2.24, 2.45) is 11.1 Å². The van der Waals surface area contributed by atoms with Gasteiger partial charge in [0.2, 0.25) is 0 Å². The molecule has 2 rings (SSSR count). The van der Waals surface area contributed by atoms with Crippen LogP contribution in [0.1, 0.15) is 38.5 Å². The highest BCUT2D eigenvalue weighted by Gasteiger charge is 2.40. The molecule has 0 heterocycles. The van der Waals surface area contributed by atoms with Crippen LogP contribution in [0.15, 0.2) is 5.16 Å². The van der Waals surface area contributed by atoms with Gasteiger partial charge in [0.25, 0.3) is 0 Å². The predicted molar refractivity (Wildman–Crippen MR) is 45.4 cm³/mol. The summed E-state index contributed by atoms with van der Waals surface area (Å²) in [6.45, 7) is 0. The molecule has 2 fully saturated rings. The minimum atomic E-state index is -0.539. The molecule has 12 heavy (non-hydrogen) atoms. The van der Waals surface area contributed by atoms with Crippen LogP contribution in [0.5, 0.6) is 0 Å². The molecule has 2 aliphatic rings. The van der Waals surface area contributed by atoms with E-state index in [9.17, 15) is 5.11 Å². The van der Waals surface area contributed by atoms with Gasteiger partial charge in [0.1, 0.15) is 0 Å². The van der Waals surface area contributed by atoms with Crippen molar-refractivity contribution in [3.05, 3.63) is 0 Å². The van der Waals surface area contributed by atoms with Gasteiger partial charge < -0.3 is 10.3 Å². The first-order valence-electron chi connectivity index (χ1n) is 4.64. The van der Waals surface area contributed by atoms with Gasteiger partial charge in [0.15, 0.2) is 0 Å². The predicted octanol–water partition coefficient (Wildman–Crippen LogP) is 1.53. The van der Waals surface area contributed by atoms with E-state index in [0.29, 0.717) is 12.3 Å². The lowest BCUT2D eigenvalue weighted by Crippen LogP contribution is -2.42. The van der Waals surface area contributed by atoms with E-state index in [1.165, 1.54) is 6.42 Å². The number of oxime groups is 1. The maximum Gasteiger partial charge on any atom is 0.0703 e. The molecule has 2 bridgehead atoms. The van der Waals surface area contributed by atoms with Crippen molar-refractivity contribution in [2.45, 2.75) is 44.1 Å². The summed E-state index contributed by atoms with van der Waals surface area (Å²) in [5, 5.41) is 21.9. The zero-order chi connectivity index (χ0) is 8.60. The number of nitrogens with zero attached hydrogens (tertiary/aromatic N) is 1. The summed E-state index contributed by atoms with van der Waals surface area (Å²) in [4.78, 5) is 0. The number of rotatable bonds is 0. The third-order valence-electron chi connectivity index (χ3n) is 3.12. The molecule has 0 saturated heterocycles. The number of hydrogen-bond acceptors (Lipinski definition) is 3. The van der Waals surface area contributed by atoms with Crippen LogP contribution < -0.4 is 0 Å². The molecule has 0 aromatic rings. The highest BCUT2D eigenvalue weighted by molar-refractivity contribution is 5.86. The molecule has 3 heteroatoms. The fourth-order valence-corrected chi connectivity index (χ4v) is 2.66. The lowest BCUT2D eigenvalue weighted by molar-refractivity contribution is -0.0189. The van der Waals surface area contributed by atoms with Gasteiger partial charge >= 0.3 is 0 Å². The molecule has 0 aromatic carbocycles. The fraction of sp³-hybridized carbons (Fsp3) is 0.889. The van der Waals surface area contributed by atoms with Crippen molar-refractivity contribution in [3.8, 4) is 0 Å². The standard InChI is InChI=1S/C9H15NO2/c11-9-3-1-2-7(5-9)4-8(6-9)10-12/h7,11-12H,1-6H2. The third-order valence-corrected chi connectivity index (χ3v) is 3.12. The molecule has 0 spiro atoms. The average Bonchev–Trinajstić information content (AvgIpc) is 2.02. The first-order chi connectivity index (χ1) is 5.72. The molecule has 2 atom stereocenters. The normalized spacial score (nSPS) is 44.8. The largest absolute Gasteiger partial charge is 0.411 e. The molecule has 2 unspecified atom stereocenters. The maximum atomic E-state index is 10.0. The molecule has 2 saturated carbocycles. The summed E-state index contributed by atoms with van der Waals surface area (Å²) in [7, 11) is 0. The Morgan fingerprint density at radius 1 is 1.50 bits per heavy atom. The Morgan fingerprint density at radius 3 is 3.00 bits per heavy atom. The fourth-order valence-electron chi connectivity index (χ4n) is 2.66. The van der Waals surface area contributed by atoms with Crippen molar-refractivity contribution in [2.75, 3.05) is 0 Å². The van der Waals surface area contributed by atoms with Gasteiger partial charge in [0, 0.05) is 6.42 Å². The second-order valence-corrected chi connectivity index (χ2v) is 4.23. The van der Waals surface area contributed by atoms with Crippen molar-refractivity contribution >= 4 is 5.71 Å².